The van der Waals surface area contributed by atoms with E-state index in [4.69, 9.17) is 0 Å². The molecular formula is C50H100N10O8. The first kappa shape index (κ1) is 74.7. The maximum atomic E-state index is 10.3. The Morgan fingerprint density at radius 2 is 0.809 bits per heavy atom. The van der Waals surface area contributed by atoms with Gasteiger partial charge in [0.1, 0.15) is 0 Å². The smallest absolute Gasteiger partial charge is 0.257 e. The summed E-state index contributed by atoms with van der Waals surface area (Å²) in [5, 5.41) is 11.3. The van der Waals surface area contributed by atoms with Crippen LogP contribution in [0.4, 0.5) is 0 Å². The molecule has 0 bridgehead atoms. The van der Waals surface area contributed by atoms with Gasteiger partial charge in [-0.1, -0.05) is 145 Å². The number of hydrogen-bond acceptors (Lipinski definition) is 12. The minimum Gasteiger partial charge on any atom is -0.296 e. The Hall–Kier alpha value is -4.84. The molecule has 8 amide bonds. The van der Waals surface area contributed by atoms with Crippen molar-refractivity contribution in [3.63, 3.8) is 0 Å². The number of nitrogens with zero attached hydrogens (tertiary/aromatic N) is 2. The SMILES string of the molecule is CC(C)(C)C.CC(C)(C)C.CC(C)C.CC(C)C.CC(C)C.CC(C)C.O=C1C=CCNN1.O=C1CC=NN1.O=C1CCC(=O)N1.O=C1CCC=NN1.O=C1CCCC(=O)N1.O=C1CCCNN1. The van der Waals surface area contributed by atoms with E-state index in [9.17, 15) is 38.4 Å². The van der Waals surface area contributed by atoms with E-state index in [0.29, 0.717) is 62.2 Å². The summed E-state index contributed by atoms with van der Waals surface area (Å²) in [6, 6.07) is 0. The number of nitrogens with one attached hydrogen (secondary N) is 8. The van der Waals surface area contributed by atoms with Crippen molar-refractivity contribution in [2.45, 2.75) is 203 Å². The van der Waals surface area contributed by atoms with Crippen LogP contribution in [0.2, 0.25) is 0 Å². The molecule has 0 aromatic rings. The first-order valence-electron chi connectivity index (χ1n) is 24.1. The van der Waals surface area contributed by atoms with E-state index >= 15 is 0 Å². The summed E-state index contributed by atoms with van der Waals surface area (Å²) in [6.07, 6.45) is 12.4. The average Bonchev–Trinajstić information content (AvgIpc) is 3.81. The molecule has 18 heteroatoms. The first-order chi connectivity index (χ1) is 31.1. The monoisotopic (exact) mass is 969 g/mol. The molecule has 6 aliphatic heterocycles. The summed E-state index contributed by atoms with van der Waals surface area (Å²) in [5.41, 5.74) is 15.8. The third kappa shape index (κ3) is 109. The number of hydrogen-bond donors (Lipinski definition) is 8. The van der Waals surface area contributed by atoms with Crippen LogP contribution in [0.5, 0.6) is 0 Å². The van der Waals surface area contributed by atoms with Gasteiger partial charge in [-0.25, -0.2) is 21.7 Å². The number of carbonyl (C=O) groups excluding carboxylic acids is 8. The molecule has 6 rings (SSSR count). The Kier molecular flexibility index (Phi) is 53.4. The Balaban J connectivity index is -0.000000156. The van der Waals surface area contributed by atoms with Gasteiger partial charge < -0.3 is 0 Å². The average molecular weight is 969 g/mol. The predicted molar refractivity (Wildman–Crippen MR) is 279 cm³/mol. The summed E-state index contributed by atoms with van der Waals surface area (Å²) >= 11 is 0. The van der Waals surface area contributed by atoms with Gasteiger partial charge in [-0.05, 0) is 53.8 Å². The van der Waals surface area contributed by atoms with Gasteiger partial charge >= 0.3 is 0 Å². The summed E-state index contributed by atoms with van der Waals surface area (Å²) in [4.78, 5) is 81.7. The molecule has 6 heterocycles. The molecule has 18 nitrogen and oxygen atoms in total. The largest absolute Gasteiger partial charge is 0.296 e. The molecule has 8 N–H and O–H groups in total. The van der Waals surface area contributed by atoms with Crippen molar-refractivity contribution in [3.05, 3.63) is 12.2 Å². The van der Waals surface area contributed by atoms with Gasteiger partial charge in [0.25, 0.3) is 5.91 Å². The fourth-order valence-corrected chi connectivity index (χ4v) is 2.89. The highest BCUT2D eigenvalue weighted by molar-refractivity contribution is 6.01. The molecule has 0 radical (unpaired) electrons. The van der Waals surface area contributed by atoms with Crippen LogP contribution in [0.25, 0.3) is 0 Å². The molecule has 0 atom stereocenters. The van der Waals surface area contributed by atoms with Crippen molar-refractivity contribution in [3.8, 4) is 0 Å². The van der Waals surface area contributed by atoms with Crippen LogP contribution < -0.4 is 43.2 Å². The molecule has 0 aromatic carbocycles. The minimum absolute atomic E-state index is 0.0162. The molecule has 0 aliphatic carbocycles. The van der Waals surface area contributed by atoms with E-state index < -0.39 is 0 Å². The summed E-state index contributed by atoms with van der Waals surface area (Å²) < 4.78 is 0. The lowest BCUT2D eigenvalue weighted by Gasteiger charge is -2.10. The van der Waals surface area contributed by atoms with Crippen molar-refractivity contribution in [1.29, 1.82) is 0 Å². The number of hydrazone groups is 2. The second-order valence-corrected chi connectivity index (χ2v) is 21.5. The lowest BCUT2D eigenvalue weighted by Crippen LogP contribution is -2.42. The van der Waals surface area contributed by atoms with Crippen LogP contribution in [0.15, 0.2) is 22.4 Å². The van der Waals surface area contributed by atoms with E-state index in [2.05, 4.69) is 192 Å². The maximum absolute atomic E-state index is 10.3. The molecule has 3 saturated heterocycles. The highest BCUT2D eigenvalue weighted by Gasteiger charge is 2.16. The van der Waals surface area contributed by atoms with Gasteiger partial charge in [-0.15, -0.1) is 0 Å². The maximum Gasteiger partial charge on any atom is 0.257 e. The van der Waals surface area contributed by atoms with Crippen LogP contribution >= 0.6 is 0 Å². The zero-order chi connectivity index (χ0) is 54.3. The van der Waals surface area contributed by atoms with E-state index in [1.165, 1.54) is 6.08 Å². The van der Waals surface area contributed by atoms with E-state index in [1.807, 2.05) is 0 Å². The van der Waals surface area contributed by atoms with Crippen LogP contribution in [0.3, 0.4) is 0 Å². The Labute approximate surface area is 412 Å². The third-order valence-electron chi connectivity index (χ3n) is 4.92. The van der Waals surface area contributed by atoms with Crippen molar-refractivity contribution in [2.75, 3.05) is 13.1 Å². The number of carbonyl (C=O) groups is 8. The second kappa shape index (κ2) is 48.6. The highest BCUT2D eigenvalue weighted by atomic mass is 16.2. The lowest BCUT2D eigenvalue weighted by molar-refractivity contribution is -0.133. The molecular weight excluding hydrogens is 869 g/mol. The topological polar surface area (TPSA) is 258 Å². The zero-order valence-electron chi connectivity index (χ0n) is 46.3. The first-order valence-corrected chi connectivity index (χ1v) is 24.1. The van der Waals surface area contributed by atoms with Crippen LogP contribution in [-0.2, 0) is 38.4 Å². The highest BCUT2D eigenvalue weighted by Crippen LogP contribution is 2.08. The van der Waals surface area contributed by atoms with Gasteiger partial charge in [0.2, 0.25) is 41.4 Å². The molecule has 0 saturated carbocycles. The van der Waals surface area contributed by atoms with Gasteiger partial charge in [0.15, 0.2) is 0 Å². The molecule has 0 unspecified atom stereocenters. The van der Waals surface area contributed by atoms with Crippen molar-refractivity contribution in [2.24, 2.45) is 44.7 Å². The van der Waals surface area contributed by atoms with Crippen molar-refractivity contribution >= 4 is 59.7 Å². The molecule has 0 aromatic heterocycles. The summed E-state index contributed by atoms with van der Waals surface area (Å²) in [6.45, 7) is 45.1. The van der Waals surface area contributed by atoms with Gasteiger partial charge in [-0.2, -0.15) is 10.2 Å². The Morgan fingerprint density at radius 3 is 0.956 bits per heavy atom. The van der Waals surface area contributed by atoms with E-state index in [0.717, 1.165) is 49.6 Å². The van der Waals surface area contributed by atoms with Crippen LogP contribution in [0, 0.1) is 34.5 Å². The quantitative estimate of drug-likeness (QED) is 0.109. The fraction of sp³-hybridized carbons (Fsp3) is 0.760. The molecule has 6 aliphatic rings. The van der Waals surface area contributed by atoms with Gasteiger partial charge in [0, 0.05) is 70.1 Å². The standard InChI is InChI=1S/C5H7NO2.2C5H12.C4H8N2O.2C4H6N2O.C4H5NO2.4C4H10.C3H4N2O/c7-4-2-1-3-5(8)6-4;2*1-5(2,3)4;3*7-4-2-1-3-5-6-4;6-3-1-2-4(7)5-3;4*1-4(2)3;6-3-1-2-4-5-3/h1-3H2,(H,6,7,8);2*1-4H3;5H,1-3H2,(H,6,7);3H,1-2H2,(H,6,7);1-2,5H,3H2,(H,6,7);1-2H2,(H,5,6,7);4*4H,1-3H3;2H,1H2,(H,5,6). The molecule has 3 fully saturated rings. The second-order valence-electron chi connectivity index (χ2n) is 21.5. The number of imide groups is 2. The lowest BCUT2D eigenvalue weighted by atomic mass is 10.0. The Bertz CT molecular complexity index is 1330. The number of hydrazine groups is 2. The number of rotatable bonds is 0. The number of piperidine rings is 1. The Morgan fingerprint density at radius 1 is 0.441 bits per heavy atom. The van der Waals surface area contributed by atoms with Crippen LogP contribution in [0.1, 0.15) is 203 Å². The zero-order valence-corrected chi connectivity index (χ0v) is 46.3. The summed E-state index contributed by atoms with van der Waals surface area (Å²) in [5.74, 6) is 2.78. The minimum atomic E-state index is -0.148. The molecule has 0 spiro atoms. The van der Waals surface area contributed by atoms with Crippen molar-refractivity contribution in [1.82, 2.24) is 43.2 Å². The van der Waals surface area contributed by atoms with Crippen LogP contribution in [-0.4, -0.2) is 72.8 Å². The molecule has 398 valence electrons. The molecule has 68 heavy (non-hydrogen) atoms. The normalized spacial score (nSPS) is 16.1. The van der Waals surface area contributed by atoms with Crippen molar-refractivity contribution < 1.29 is 38.4 Å². The third-order valence-corrected chi connectivity index (χ3v) is 4.92. The van der Waals surface area contributed by atoms with Gasteiger partial charge in [-0.3, -0.25) is 59.8 Å². The summed E-state index contributed by atoms with van der Waals surface area (Å²) in [7, 11) is 0. The number of amides is 8. The van der Waals surface area contributed by atoms with E-state index in [1.54, 1.807) is 18.5 Å². The van der Waals surface area contributed by atoms with Gasteiger partial charge in [0.05, 0.1) is 6.42 Å². The van der Waals surface area contributed by atoms with E-state index in [-0.39, 0.29) is 47.3 Å². The fourth-order valence-electron chi connectivity index (χ4n) is 2.89. The predicted octanol–water partition coefficient (Wildman–Crippen LogP) is 7.94.